The van der Waals surface area contributed by atoms with E-state index in [1.165, 1.54) is 0 Å². The third-order valence-corrected chi connectivity index (χ3v) is 7.16. The summed E-state index contributed by atoms with van der Waals surface area (Å²) in [5.74, 6) is 0.748. The first-order chi connectivity index (χ1) is 15.8. The third-order valence-electron chi connectivity index (χ3n) is 7.16. The number of aromatic nitrogens is 3. The van der Waals surface area contributed by atoms with Gasteiger partial charge in [0.1, 0.15) is 24.3 Å². The van der Waals surface area contributed by atoms with Crippen molar-refractivity contribution in [3.8, 4) is 5.75 Å². The number of para-hydroxylation sites is 2. The SMILES string of the molecule is O=C1N2CCn3cc(nn3)COc3ccccc3[C@@H]3N4CCC[C@H]4O[C@@]13c1ccccc12. The monoisotopic (exact) mass is 429 g/mol. The molecular weight excluding hydrogens is 406 g/mol. The van der Waals surface area contributed by atoms with E-state index in [1.54, 1.807) is 4.68 Å². The van der Waals surface area contributed by atoms with Crippen molar-refractivity contribution in [2.75, 3.05) is 18.0 Å². The van der Waals surface area contributed by atoms with Gasteiger partial charge in [-0.05, 0) is 25.0 Å². The Labute approximate surface area is 185 Å². The number of ether oxygens (including phenoxy) is 2. The normalized spacial score (nSPS) is 28.6. The predicted octanol–water partition coefficient (Wildman–Crippen LogP) is 2.61. The number of hydrogen-bond acceptors (Lipinski definition) is 6. The van der Waals surface area contributed by atoms with E-state index in [0.29, 0.717) is 19.7 Å². The van der Waals surface area contributed by atoms with Gasteiger partial charge in [-0.15, -0.1) is 5.10 Å². The Morgan fingerprint density at radius 2 is 1.91 bits per heavy atom. The van der Waals surface area contributed by atoms with Crippen LogP contribution < -0.4 is 9.64 Å². The van der Waals surface area contributed by atoms with E-state index >= 15 is 0 Å². The fraction of sp³-hybridized carbons (Fsp3) is 0.375. The Kier molecular flexibility index (Phi) is 3.80. The molecule has 8 heteroatoms. The highest BCUT2D eigenvalue weighted by Gasteiger charge is 2.66. The Morgan fingerprint density at radius 3 is 2.88 bits per heavy atom. The van der Waals surface area contributed by atoms with Gasteiger partial charge < -0.3 is 14.4 Å². The molecule has 1 spiro atoms. The molecule has 4 aliphatic rings. The minimum absolute atomic E-state index is 0.00695. The van der Waals surface area contributed by atoms with Crippen molar-refractivity contribution < 1.29 is 14.3 Å². The van der Waals surface area contributed by atoms with Gasteiger partial charge in [-0.2, -0.15) is 0 Å². The molecule has 4 aliphatic heterocycles. The summed E-state index contributed by atoms with van der Waals surface area (Å²) in [6.45, 7) is 2.28. The van der Waals surface area contributed by atoms with Gasteiger partial charge in [-0.25, -0.2) is 0 Å². The van der Waals surface area contributed by atoms with Crippen LogP contribution in [0.4, 0.5) is 5.69 Å². The second-order valence-electron chi connectivity index (χ2n) is 8.86. The number of nitrogens with zero attached hydrogens (tertiary/aromatic N) is 5. The lowest BCUT2D eigenvalue weighted by molar-refractivity contribution is -0.143. The van der Waals surface area contributed by atoms with Crippen LogP contribution in [0.5, 0.6) is 5.75 Å². The van der Waals surface area contributed by atoms with Crippen LogP contribution in [0.15, 0.2) is 54.7 Å². The van der Waals surface area contributed by atoms with Gasteiger partial charge in [0, 0.05) is 24.2 Å². The number of carbonyl (C=O) groups excluding carboxylic acids is 1. The van der Waals surface area contributed by atoms with E-state index in [9.17, 15) is 4.79 Å². The molecule has 2 fully saturated rings. The Bertz CT molecular complexity index is 1230. The fourth-order valence-electron chi connectivity index (χ4n) is 5.84. The standard InChI is InChI=1S/C24H23N5O3/c30-23-24-18-7-2-3-8-19(18)28(23)13-12-27-14-16(25-26-27)15-31-20-9-4-1-6-17(20)22(24)29-11-5-10-21(29)32-24/h1-4,6-9,14,21-22H,5,10-13,15H2/t21-,22+,24-/m1/s1. The number of carbonyl (C=O) groups is 1. The lowest BCUT2D eigenvalue weighted by Crippen LogP contribution is -2.46. The largest absolute Gasteiger partial charge is 0.487 e. The molecular formula is C24H23N5O3. The molecule has 0 radical (unpaired) electrons. The summed E-state index contributed by atoms with van der Waals surface area (Å²) in [6, 6.07) is 15.8. The van der Waals surface area contributed by atoms with Crippen LogP contribution in [0, 0.1) is 0 Å². The van der Waals surface area contributed by atoms with Gasteiger partial charge in [0.2, 0.25) is 0 Å². The molecule has 5 heterocycles. The molecule has 3 aromatic rings. The molecule has 3 atom stereocenters. The highest BCUT2D eigenvalue weighted by molar-refractivity contribution is 6.08. The zero-order valence-electron chi connectivity index (χ0n) is 17.6. The van der Waals surface area contributed by atoms with Crippen molar-refractivity contribution in [3.05, 3.63) is 71.5 Å². The molecule has 7 rings (SSSR count). The maximum Gasteiger partial charge on any atom is 0.266 e. The summed E-state index contributed by atoms with van der Waals surface area (Å²) in [5.41, 5.74) is 2.52. The van der Waals surface area contributed by atoms with Gasteiger partial charge in [0.05, 0.1) is 24.5 Å². The molecule has 4 bridgehead atoms. The van der Waals surface area contributed by atoms with E-state index < -0.39 is 5.60 Å². The van der Waals surface area contributed by atoms with Crippen molar-refractivity contribution in [3.63, 3.8) is 0 Å². The summed E-state index contributed by atoms with van der Waals surface area (Å²) >= 11 is 0. The summed E-state index contributed by atoms with van der Waals surface area (Å²) < 4.78 is 14.8. The first kappa shape index (κ1) is 18.4. The molecule has 2 saturated heterocycles. The summed E-state index contributed by atoms with van der Waals surface area (Å²) in [5, 5.41) is 8.47. The average molecular weight is 429 g/mol. The van der Waals surface area contributed by atoms with Crippen molar-refractivity contribution >= 4 is 11.6 Å². The average Bonchev–Trinajstić information content (AvgIpc) is 3.56. The second kappa shape index (κ2) is 6.63. The Hall–Kier alpha value is -3.23. The van der Waals surface area contributed by atoms with Crippen molar-refractivity contribution in [2.45, 2.75) is 43.9 Å². The predicted molar refractivity (Wildman–Crippen MR) is 115 cm³/mol. The van der Waals surface area contributed by atoms with Crippen molar-refractivity contribution in [1.29, 1.82) is 0 Å². The summed E-state index contributed by atoms with van der Waals surface area (Å²) in [6.07, 6.45) is 3.79. The van der Waals surface area contributed by atoms with Crippen LogP contribution in [0.25, 0.3) is 0 Å². The van der Waals surface area contributed by atoms with Gasteiger partial charge in [-0.3, -0.25) is 14.4 Å². The summed E-state index contributed by atoms with van der Waals surface area (Å²) in [4.78, 5) is 18.5. The molecule has 32 heavy (non-hydrogen) atoms. The van der Waals surface area contributed by atoms with Gasteiger partial charge in [0.25, 0.3) is 5.91 Å². The second-order valence-corrected chi connectivity index (χ2v) is 8.86. The fourth-order valence-corrected chi connectivity index (χ4v) is 5.84. The van der Waals surface area contributed by atoms with Crippen LogP contribution in [0.2, 0.25) is 0 Å². The highest BCUT2D eigenvalue weighted by Crippen LogP contribution is 2.59. The molecule has 0 unspecified atom stereocenters. The van der Waals surface area contributed by atoms with Crippen LogP contribution in [-0.2, 0) is 28.3 Å². The molecule has 2 aromatic carbocycles. The van der Waals surface area contributed by atoms with Crippen LogP contribution >= 0.6 is 0 Å². The van der Waals surface area contributed by atoms with Gasteiger partial charge in [-0.1, -0.05) is 41.6 Å². The van der Waals surface area contributed by atoms with E-state index in [0.717, 1.165) is 47.6 Å². The molecule has 162 valence electrons. The highest BCUT2D eigenvalue weighted by atomic mass is 16.6. The Balaban J connectivity index is 1.48. The number of hydrogen-bond donors (Lipinski definition) is 0. The van der Waals surface area contributed by atoms with E-state index in [4.69, 9.17) is 9.47 Å². The maximum absolute atomic E-state index is 14.3. The minimum Gasteiger partial charge on any atom is -0.487 e. The van der Waals surface area contributed by atoms with Gasteiger partial charge >= 0.3 is 0 Å². The molecule has 0 saturated carbocycles. The van der Waals surface area contributed by atoms with Crippen LogP contribution in [0.3, 0.4) is 0 Å². The first-order valence-corrected chi connectivity index (χ1v) is 11.2. The number of rotatable bonds is 0. The zero-order valence-corrected chi connectivity index (χ0v) is 17.6. The smallest absolute Gasteiger partial charge is 0.266 e. The molecule has 8 nitrogen and oxygen atoms in total. The summed E-state index contributed by atoms with van der Waals surface area (Å²) in [7, 11) is 0. The molecule has 0 aliphatic carbocycles. The van der Waals surface area contributed by atoms with Crippen LogP contribution in [0.1, 0.15) is 35.7 Å². The number of amides is 1. The topological polar surface area (TPSA) is 72.7 Å². The van der Waals surface area contributed by atoms with Crippen molar-refractivity contribution in [1.82, 2.24) is 19.9 Å². The lowest BCUT2D eigenvalue weighted by atomic mass is 9.82. The Morgan fingerprint density at radius 1 is 1.03 bits per heavy atom. The number of fused-ring (bicyclic) bond motifs is 9. The molecule has 1 amide bonds. The van der Waals surface area contributed by atoms with E-state index in [1.807, 2.05) is 53.6 Å². The third kappa shape index (κ3) is 2.36. The zero-order chi connectivity index (χ0) is 21.3. The van der Waals surface area contributed by atoms with Crippen molar-refractivity contribution in [2.24, 2.45) is 0 Å². The number of anilines is 1. The minimum atomic E-state index is -1.08. The van der Waals surface area contributed by atoms with E-state index in [-0.39, 0.29) is 18.2 Å². The first-order valence-electron chi connectivity index (χ1n) is 11.2. The van der Waals surface area contributed by atoms with Crippen LogP contribution in [-0.4, -0.2) is 45.1 Å². The molecule has 1 aromatic heterocycles. The van der Waals surface area contributed by atoms with E-state index in [2.05, 4.69) is 21.3 Å². The number of benzene rings is 2. The van der Waals surface area contributed by atoms with Gasteiger partial charge in [0.15, 0.2) is 5.60 Å². The molecule has 0 N–H and O–H groups in total. The maximum atomic E-state index is 14.3. The lowest BCUT2D eigenvalue weighted by Gasteiger charge is -2.33. The quantitative estimate of drug-likeness (QED) is 0.547.